The number of nitrogens with one attached hydrogen (secondary N) is 1. The highest BCUT2D eigenvalue weighted by Gasteiger charge is 2.30. The van der Waals surface area contributed by atoms with Crippen LogP contribution in [0.5, 0.6) is 0 Å². The van der Waals surface area contributed by atoms with Gasteiger partial charge >= 0.3 is 0 Å². The average Bonchev–Trinajstić information content (AvgIpc) is 3.46. The zero-order valence-electron chi connectivity index (χ0n) is 16.2. The van der Waals surface area contributed by atoms with Gasteiger partial charge < -0.3 is 14.6 Å². The first kappa shape index (κ1) is 18.9. The quantitative estimate of drug-likeness (QED) is 0.661. The summed E-state index contributed by atoms with van der Waals surface area (Å²) < 4.78 is 7.37. The number of rotatable bonds is 7. The molecule has 3 aromatic rings. The van der Waals surface area contributed by atoms with E-state index in [9.17, 15) is 4.79 Å². The van der Waals surface area contributed by atoms with E-state index in [1.165, 1.54) is 5.69 Å². The van der Waals surface area contributed by atoms with Crippen LogP contribution < -0.4 is 5.32 Å². The number of carbonyl (C=O) groups is 1. The predicted octanol–water partition coefficient (Wildman–Crippen LogP) is 2.87. The minimum atomic E-state index is -0.0552. The van der Waals surface area contributed by atoms with Crippen molar-refractivity contribution in [1.82, 2.24) is 25.0 Å². The topological polar surface area (TPSA) is 76.2 Å². The molecule has 28 heavy (non-hydrogen) atoms. The lowest BCUT2D eigenvalue weighted by atomic mass is 9.91. The summed E-state index contributed by atoms with van der Waals surface area (Å²) in [7, 11) is 1.79. The molecule has 4 rings (SSSR count). The second-order valence-corrected chi connectivity index (χ2v) is 8.06. The van der Waals surface area contributed by atoms with E-state index in [1.807, 2.05) is 28.4 Å². The van der Waals surface area contributed by atoms with Gasteiger partial charge in [0.2, 0.25) is 0 Å². The molecule has 3 heterocycles. The number of fused-ring (bicyclic) bond motifs is 1. The summed E-state index contributed by atoms with van der Waals surface area (Å²) in [5, 5.41) is 11.3. The van der Waals surface area contributed by atoms with E-state index in [-0.39, 0.29) is 5.91 Å². The van der Waals surface area contributed by atoms with Crippen LogP contribution in [0.15, 0.2) is 34.4 Å². The second kappa shape index (κ2) is 8.28. The summed E-state index contributed by atoms with van der Waals surface area (Å²) in [4.78, 5) is 19.1. The van der Waals surface area contributed by atoms with Crippen LogP contribution in [0, 0.1) is 0 Å². The molecule has 148 valence electrons. The van der Waals surface area contributed by atoms with Crippen molar-refractivity contribution in [2.45, 2.75) is 51.9 Å². The minimum Gasteiger partial charge on any atom is -0.467 e. The molecule has 1 N–H and O–H groups in total. The van der Waals surface area contributed by atoms with Crippen LogP contribution in [-0.2, 0) is 32.5 Å². The normalized spacial score (nSPS) is 16.1. The third-order valence-corrected chi connectivity index (χ3v) is 5.97. The van der Waals surface area contributed by atoms with Crippen molar-refractivity contribution < 1.29 is 9.21 Å². The van der Waals surface area contributed by atoms with Crippen molar-refractivity contribution in [3.63, 3.8) is 0 Å². The maximum absolute atomic E-state index is 13.1. The van der Waals surface area contributed by atoms with Crippen LogP contribution in [0.3, 0.4) is 0 Å². The van der Waals surface area contributed by atoms with Crippen molar-refractivity contribution in [1.29, 1.82) is 0 Å². The number of amides is 1. The highest BCUT2D eigenvalue weighted by molar-refractivity contribution is 7.09. The van der Waals surface area contributed by atoms with E-state index >= 15 is 0 Å². The monoisotopic (exact) mass is 399 g/mol. The number of hydrogen-bond acceptors (Lipinski definition) is 6. The van der Waals surface area contributed by atoms with E-state index in [4.69, 9.17) is 4.42 Å². The van der Waals surface area contributed by atoms with Gasteiger partial charge in [0.15, 0.2) is 5.69 Å². The van der Waals surface area contributed by atoms with Gasteiger partial charge in [-0.25, -0.2) is 4.98 Å². The highest BCUT2D eigenvalue weighted by Crippen LogP contribution is 2.26. The molecular formula is C20H25N5O2S. The largest absolute Gasteiger partial charge is 0.467 e. The van der Waals surface area contributed by atoms with Gasteiger partial charge in [-0.15, -0.1) is 11.3 Å². The Kier molecular flexibility index (Phi) is 5.59. The van der Waals surface area contributed by atoms with E-state index < -0.39 is 0 Å². The molecule has 1 unspecified atom stereocenters. The fourth-order valence-corrected chi connectivity index (χ4v) is 4.32. The molecule has 3 aromatic heterocycles. The Balaban J connectivity index is 1.50. The molecule has 1 aliphatic rings. The van der Waals surface area contributed by atoms with Gasteiger partial charge in [-0.2, -0.15) is 5.10 Å². The number of aryl methyl sites for hydroxylation is 1. The van der Waals surface area contributed by atoms with Crippen molar-refractivity contribution in [3.8, 4) is 0 Å². The smallest absolute Gasteiger partial charge is 0.274 e. The van der Waals surface area contributed by atoms with Crippen molar-refractivity contribution >= 4 is 17.2 Å². The first-order valence-electron chi connectivity index (χ1n) is 9.63. The number of carbonyl (C=O) groups excluding carboxylic acids is 1. The molecule has 1 aliphatic carbocycles. The summed E-state index contributed by atoms with van der Waals surface area (Å²) in [5.41, 5.74) is 2.86. The molecular weight excluding hydrogens is 374 g/mol. The Hall–Kier alpha value is -2.45. The zero-order valence-corrected chi connectivity index (χ0v) is 17.0. The Morgan fingerprint density at radius 2 is 2.39 bits per heavy atom. The predicted molar refractivity (Wildman–Crippen MR) is 107 cm³/mol. The van der Waals surface area contributed by atoms with Gasteiger partial charge in [-0.1, -0.05) is 0 Å². The fraction of sp³-hybridized carbons (Fsp3) is 0.450. The number of furan rings is 1. The SMILES string of the molecule is CCn1nc(C(=O)N(C)Cc2ccco2)c2c1CCC(NCc1nccs1)C2. The summed E-state index contributed by atoms with van der Waals surface area (Å²) in [6.07, 6.45) is 6.24. The van der Waals surface area contributed by atoms with Crippen molar-refractivity contribution in [3.05, 3.63) is 57.7 Å². The average molecular weight is 400 g/mol. The van der Waals surface area contributed by atoms with Gasteiger partial charge in [0.05, 0.1) is 12.8 Å². The van der Waals surface area contributed by atoms with E-state index in [0.717, 1.165) is 48.7 Å². The van der Waals surface area contributed by atoms with Crippen LogP contribution in [0.1, 0.15) is 45.9 Å². The first-order valence-corrected chi connectivity index (χ1v) is 10.5. The molecule has 0 bridgehead atoms. The zero-order chi connectivity index (χ0) is 19.5. The Labute approximate surface area is 168 Å². The first-order chi connectivity index (χ1) is 13.7. The fourth-order valence-electron chi connectivity index (χ4n) is 3.76. The number of nitrogens with zero attached hydrogens (tertiary/aromatic N) is 4. The lowest BCUT2D eigenvalue weighted by Gasteiger charge is -2.24. The summed E-state index contributed by atoms with van der Waals surface area (Å²) in [6, 6.07) is 4.04. The lowest BCUT2D eigenvalue weighted by molar-refractivity contribution is 0.0767. The Morgan fingerprint density at radius 3 is 3.11 bits per heavy atom. The van der Waals surface area contributed by atoms with Crippen LogP contribution in [-0.4, -0.2) is 38.7 Å². The maximum atomic E-state index is 13.1. The molecule has 8 heteroatoms. The Bertz CT molecular complexity index is 917. The minimum absolute atomic E-state index is 0.0552. The molecule has 0 aliphatic heterocycles. The van der Waals surface area contributed by atoms with Gasteiger partial charge in [0.1, 0.15) is 10.8 Å². The van der Waals surface area contributed by atoms with Gasteiger partial charge in [0, 0.05) is 49.0 Å². The van der Waals surface area contributed by atoms with Crippen molar-refractivity contribution in [2.24, 2.45) is 0 Å². The molecule has 0 saturated carbocycles. The third-order valence-electron chi connectivity index (χ3n) is 5.19. The highest BCUT2D eigenvalue weighted by atomic mass is 32.1. The second-order valence-electron chi connectivity index (χ2n) is 7.08. The van der Waals surface area contributed by atoms with E-state index in [1.54, 1.807) is 29.5 Å². The summed E-state index contributed by atoms with van der Waals surface area (Å²) in [6.45, 7) is 4.04. The van der Waals surface area contributed by atoms with Gasteiger partial charge in [-0.05, 0) is 38.3 Å². The number of thiazole rings is 1. The molecule has 0 fully saturated rings. The molecule has 0 saturated heterocycles. The van der Waals surface area contributed by atoms with Gasteiger partial charge in [-0.3, -0.25) is 9.48 Å². The van der Waals surface area contributed by atoms with E-state index in [0.29, 0.717) is 18.3 Å². The van der Waals surface area contributed by atoms with Crippen LogP contribution >= 0.6 is 11.3 Å². The van der Waals surface area contributed by atoms with Crippen LogP contribution in [0.25, 0.3) is 0 Å². The summed E-state index contributed by atoms with van der Waals surface area (Å²) in [5.74, 6) is 0.711. The van der Waals surface area contributed by atoms with Gasteiger partial charge in [0.25, 0.3) is 5.91 Å². The molecule has 1 atom stereocenters. The van der Waals surface area contributed by atoms with Crippen LogP contribution in [0.4, 0.5) is 0 Å². The third kappa shape index (κ3) is 3.88. The molecule has 7 nitrogen and oxygen atoms in total. The molecule has 0 aromatic carbocycles. The molecule has 1 amide bonds. The standard InChI is InChI=1S/C20H25N5O2S/c1-3-25-17-7-6-14(22-12-18-21-8-10-28-18)11-16(17)19(23-25)20(26)24(2)13-15-5-4-9-27-15/h4-5,8-10,14,22H,3,6-7,11-13H2,1-2H3. The number of hydrogen-bond donors (Lipinski definition) is 1. The number of aromatic nitrogens is 3. The summed E-state index contributed by atoms with van der Waals surface area (Å²) >= 11 is 1.66. The Morgan fingerprint density at radius 1 is 1.50 bits per heavy atom. The lowest BCUT2D eigenvalue weighted by Crippen LogP contribution is -2.35. The maximum Gasteiger partial charge on any atom is 0.274 e. The molecule has 0 spiro atoms. The van der Waals surface area contributed by atoms with E-state index in [2.05, 4.69) is 22.3 Å². The van der Waals surface area contributed by atoms with Crippen LogP contribution in [0.2, 0.25) is 0 Å². The molecule has 0 radical (unpaired) electrons. The van der Waals surface area contributed by atoms with Crippen molar-refractivity contribution in [2.75, 3.05) is 7.05 Å².